The van der Waals surface area contributed by atoms with Crippen LogP contribution in [-0.4, -0.2) is 29.9 Å². The van der Waals surface area contributed by atoms with Gasteiger partial charge in [-0.05, 0) is 18.5 Å². The van der Waals surface area contributed by atoms with Gasteiger partial charge in [-0.25, -0.2) is 0 Å². The van der Waals surface area contributed by atoms with E-state index in [4.69, 9.17) is 0 Å². The fraction of sp³-hybridized carbons (Fsp3) is 0.625. The van der Waals surface area contributed by atoms with Crippen LogP contribution in [0.1, 0.15) is 37.7 Å². The van der Waals surface area contributed by atoms with Gasteiger partial charge in [0, 0.05) is 29.9 Å². The highest BCUT2D eigenvalue weighted by Crippen LogP contribution is 2.03. The van der Waals surface area contributed by atoms with Crippen molar-refractivity contribution in [3.05, 3.63) is 35.9 Å². The minimum absolute atomic E-state index is 0.975. The summed E-state index contributed by atoms with van der Waals surface area (Å²) in [7, 11) is 1.38. The van der Waals surface area contributed by atoms with Gasteiger partial charge in [0.2, 0.25) is 0 Å². The second-order valence-electron chi connectivity index (χ2n) is 5.18. The minimum Gasteiger partial charge on any atom is -0.315 e. The van der Waals surface area contributed by atoms with E-state index in [-0.39, 0.29) is 0 Å². The van der Waals surface area contributed by atoms with Crippen molar-refractivity contribution in [3.63, 3.8) is 0 Å². The molecule has 0 radical (unpaired) electrons. The van der Waals surface area contributed by atoms with Crippen LogP contribution in [0.2, 0.25) is 6.04 Å². The molecular weight excluding hydrogens is 248 g/mol. The quantitative estimate of drug-likeness (QED) is 0.452. The van der Waals surface area contributed by atoms with Crippen LogP contribution in [0.4, 0.5) is 0 Å². The Hall–Kier alpha value is -0.643. The largest absolute Gasteiger partial charge is 0.315 e. The predicted molar refractivity (Wildman–Crippen MR) is 88.8 cm³/mol. The summed E-state index contributed by atoms with van der Waals surface area (Å²) >= 11 is 0. The van der Waals surface area contributed by atoms with Crippen molar-refractivity contribution < 1.29 is 0 Å². The van der Waals surface area contributed by atoms with Gasteiger partial charge in [-0.3, -0.25) is 0 Å². The van der Waals surface area contributed by atoms with E-state index in [0.717, 1.165) is 19.6 Å². The van der Waals surface area contributed by atoms with E-state index in [1.807, 2.05) is 0 Å². The lowest BCUT2D eigenvalue weighted by atomic mass is 10.1. The Balaban J connectivity index is 1.79. The van der Waals surface area contributed by atoms with E-state index in [9.17, 15) is 0 Å². The summed E-state index contributed by atoms with van der Waals surface area (Å²) in [6, 6.07) is 12.1. The second kappa shape index (κ2) is 12.4. The van der Waals surface area contributed by atoms with Gasteiger partial charge in [-0.15, -0.1) is 0 Å². The number of hydrogen-bond acceptors (Lipinski definition) is 2. The van der Waals surface area contributed by atoms with Crippen LogP contribution in [0, 0.1) is 0 Å². The number of unbranched alkanes of at least 4 members (excludes halogenated alkanes) is 4. The first-order valence-electron chi connectivity index (χ1n) is 7.89. The molecule has 108 valence electrons. The summed E-state index contributed by atoms with van der Waals surface area (Å²) in [4.78, 5) is 0. The zero-order valence-electron chi connectivity index (χ0n) is 12.5. The highest BCUT2D eigenvalue weighted by atomic mass is 28.1. The molecule has 0 heterocycles. The molecule has 0 spiro atoms. The first-order chi connectivity index (χ1) is 9.43. The summed E-state index contributed by atoms with van der Waals surface area (Å²) in [5.41, 5.74) is 1.36. The topological polar surface area (TPSA) is 24.1 Å². The summed E-state index contributed by atoms with van der Waals surface area (Å²) in [5.74, 6) is 0. The van der Waals surface area contributed by atoms with Crippen molar-refractivity contribution in [3.8, 4) is 0 Å². The van der Waals surface area contributed by atoms with E-state index >= 15 is 0 Å². The Morgan fingerprint density at radius 3 is 2.21 bits per heavy atom. The maximum atomic E-state index is 3.51. The molecule has 0 fully saturated rings. The summed E-state index contributed by atoms with van der Waals surface area (Å²) < 4.78 is 0. The first-order valence-corrected chi connectivity index (χ1v) is 9.30. The van der Waals surface area contributed by atoms with Gasteiger partial charge in [0.25, 0.3) is 0 Å². The average Bonchev–Trinajstić information content (AvgIpc) is 2.46. The number of hydrogen-bond donors (Lipinski definition) is 2. The standard InChI is InChI=1S/C16H30N2Si/c19-14-8-3-1-2-7-11-17-12-13-18-15-16-9-5-4-6-10-16/h4-6,9-10,17-18H,1-3,7-8,11-15H2,19H3. The van der Waals surface area contributed by atoms with Gasteiger partial charge >= 0.3 is 0 Å². The molecular formula is C16H30N2Si. The highest BCUT2D eigenvalue weighted by molar-refractivity contribution is 6.08. The first kappa shape index (κ1) is 16.4. The van der Waals surface area contributed by atoms with Crippen LogP contribution in [0.15, 0.2) is 30.3 Å². The Morgan fingerprint density at radius 1 is 0.737 bits per heavy atom. The highest BCUT2D eigenvalue weighted by Gasteiger charge is 1.92. The average molecular weight is 279 g/mol. The lowest BCUT2D eigenvalue weighted by Crippen LogP contribution is -2.27. The van der Waals surface area contributed by atoms with Crippen molar-refractivity contribution in [1.82, 2.24) is 10.6 Å². The number of benzene rings is 1. The van der Waals surface area contributed by atoms with Gasteiger partial charge in [0.05, 0.1) is 0 Å². The maximum absolute atomic E-state index is 3.51. The molecule has 19 heavy (non-hydrogen) atoms. The van der Waals surface area contributed by atoms with Crippen LogP contribution in [0.25, 0.3) is 0 Å². The van der Waals surface area contributed by atoms with E-state index < -0.39 is 0 Å². The van der Waals surface area contributed by atoms with Gasteiger partial charge in [0.15, 0.2) is 0 Å². The summed E-state index contributed by atoms with van der Waals surface area (Å²) in [6.07, 6.45) is 7.06. The molecule has 0 bridgehead atoms. The fourth-order valence-electron chi connectivity index (χ4n) is 2.16. The molecule has 0 amide bonds. The molecule has 0 aliphatic carbocycles. The number of nitrogens with one attached hydrogen (secondary N) is 2. The minimum atomic E-state index is 0.975. The van der Waals surface area contributed by atoms with E-state index in [2.05, 4.69) is 41.0 Å². The van der Waals surface area contributed by atoms with E-state index in [0.29, 0.717) is 0 Å². The van der Waals surface area contributed by atoms with Crippen LogP contribution in [0.5, 0.6) is 0 Å². The van der Waals surface area contributed by atoms with Crippen molar-refractivity contribution >= 4 is 10.2 Å². The molecule has 0 saturated carbocycles. The van der Waals surface area contributed by atoms with Crippen LogP contribution in [0.3, 0.4) is 0 Å². The Morgan fingerprint density at radius 2 is 1.42 bits per heavy atom. The molecule has 0 atom stereocenters. The predicted octanol–water partition coefficient (Wildman–Crippen LogP) is 2.10. The SMILES string of the molecule is [SiH3]CCCCCCCNCCNCc1ccccc1. The Kier molecular flexibility index (Phi) is 10.7. The van der Waals surface area contributed by atoms with E-state index in [1.165, 1.54) is 60.5 Å². The molecule has 1 aromatic rings. The molecule has 3 heteroatoms. The molecule has 2 nitrogen and oxygen atoms in total. The molecule has 0 unspecified atom stereocenters. The lowest BCUT2D eigenvalue weighted by molar-refractivity contribution is 0.564. The van der Waals surface area contributed by atoms with Crippen LogP contribution in [-0.2, 0) is 6.54 Å². The maximum Gasteiger partial charge on any atom is 0.0206 e. The van der Waals surface area contributed by atoms with E-state index in [1.54, 1.807) is 0 Å². The third-order valence-electron chi connectivity index (χ3n) is 3.36. The van der Waals surface area contributed by atoms with Gasteiger partial charge in [-0.1, -0.05) is 62.1 Å². The van der Waals surface area contributed by atoms with Gasteiger partial charge in [-0.2, -0.15) is 0 Å². The molecule has 0 saturated heterocycles. The molecule has 0 aliphatic rings. The third-order valence-corrected chi connectivity index (χ3v) is 4.06. The van der Waals surface area contributed by atoms with Crippen LogP contribution >= 0.6 is 0 Å². The third kappa shape index (κ3) is 9.88. The van der Waals surface area contributed by atoms with Crippen molar-refractivity contribution in [2.75, 3.05) is 19.6 Å². The summed E-state index contributed by atoms with van der Waals surface area (Å²) in [5, 5.41) is 6.97. The molecule has 2 N–H and O–H groups in total. The summed E-state index contributed by atoms with van der Waals surface area (Å²) in [6.45, 7) is 4.28. The zero-order valence-corrected chi connectivity index (χ0v) is 14.5. The van der Waals surface area contributed by atoms with Gasteiger partial charge < -0.3 is 10.6 Å². The molecule has 1 aromatic carbocycles. The Bertz CT molecular complexity index is 290. The molecule has 1 rings (SSSR count). The van der Waals surface area contributed by atoms with Crippen molar-refractivity contribution in [1.29, 1.82) is 0 Å². The van der Waals surface area contributed by atoms with Crippen molar-refractivity contribution in [2.24, 2.45) is 0 Å². The van der Waals surface area contributed by atoms with Crippen molar-refractivity contribution in [2.45, 2.75) is 44.7 Å². The number of rotatable bonds is 12. The fourth-order valence-corrected chi connectivity index (χ4v) is 2.66. The Labute approximate surface area is 121 Å². The monoisotopic (exact) mass is 278 g/mol. The molecule has 0 aliphatic heterocycles. The lowest BCUT2D eigenvalue weighted by Gasteiger charge is -2.06. The second-order valence-corrected chi connectivity index (χ2v) is 6.18. The van der Waals surface area contributed by atoms with Crippen LogP contribution < -0.4 is 10.6 Å². The molecule has 0 aromatic heterocycles. The van der Waals surface area contributed by atoms with Gasteiger partial charge in [0.1, 0.15) is 0 Å². The smallest absolute Gasteiger partial charge is 0.0206 e. The zero-order chi connectivity index (χ0) is 13.6. The normalized spacial score (nSPS) is 10.9.